The molecule has 2 aromatic heterocycles. The Morgan fingerprint density at radius 2 is 2.17 bits per heavy atom. The highest BCUT2D eigenvalue weighted by molar-refractivity contribution is 7.09. The second kappa shape index (κ2) is 5.70. The van der Waals surface area contributed by atoms with Gasteiger partial charge in [0.1, 0.15) is 6.04 Å². The molecule has 0 aromatic carbocycles. The van der Waals surface area contributed by atoms with E-state index < -0.39 is 12.0 Å². The Bertz CT molecular complexity index is 527. The summed E-state index contributed by atoms with van der Waals surface area (Å²) in [5, 5.41) is 11.6. The third-order valence-corrected chi connectivity index (χ3v) is 3.42. The number of hydrogen-bond donors (Lipinski definition) is 2. The van der Waals surface area contributed by atoms with Crippen LogP contribution in [-0.2, 0) is 11.2 Å². The second-order valence-corrected chi connectivity index (χ2v) is 4.79. The van der Waals surface area contributed by atoms with Crippen LogP contribution in [0.3, 0.4) is 0 Å². The Hall–Kier alpha value is -1.79. The topological polar surface area (TPSA) is 89.1 Å². The minimum Gasteiger partial charge on any atom is -0.480 e. The number of aromatic nitrogens is 2. The summed E-state index contributed by atoms with van der Waals surface area (Å²) in [5.41, 5.74) is 7.35. The van der Waals surface area contributed by atoms with Gasteiger partial charge in [0.25, 0.3) is 0 Å². The molecule has 0 bridgehead atoms. The predicted octanol–water partition coefficient (Wildman–Crippen LogP) is 1.55. The molecule has 0 fully saturated rings. The average Bonchev–Trinajstić information content (AvgIpc) is 2.85. The van der Waals surface area contributed by atoms with Crippen LogP contribution in [0.1, 0.15) is 11.4 Å². The summed E-state index contributed by atoms with van der Waals surface area (Å²) in [6.45, 7) is 0. The molecule has 6 heteroatoms. The zero-order valence-corrected chi connectivity index (χ0v) is 10.4. The zero-order valence-electron chi connectivity index (χ0n) is 9.61. The maximum atomic E-state index is 10.6. The number of hydrogen-bond acceptors (Lipinski definition) is 5. The summed E-state index contributed by atoms with van der Waals surface area (Å²) in [6, 6.07) is 2.96. The molecule has 1 unspecified atom stereocenters. The van der Waals surface area contributed by atoms with Crippen molar-refractivity contribution in [2.24, 2.45) is 5.73 Å². The van der Waals surface area contributed by atoms with Crippen molar-refractivity contribution in [3.63, 3.8) is 0 Å². The molecular formula is C12H13N3O2S. The standard InChI is InChI=1S/C12H13N3O2S/c13-9(12(16)17)1-2-11-15-10(7-18-11)8-3-5-14-6-4-8/h3-7,9H,1-2,13H2,(H,16,17). The van der Waals surface area contributed by atoms with Gasteiger partial charge in [-0.3, -0.25) is 9.78 Å². The van der Waals surface area contributed by atoms with Crippen LogP contribution in [0, 0.1) is 0 Å². The lowest BCUT2D eigenvalue weighted by atomic mass is 10.2. The van der Waals surface area contributed by atoms with E-state index in [0.717, 1.165) is 16.3 Å². The third-order valence-electron chi connectivity index (χ3n) is 2.51. The van der Waals surface area contributed by atoms with Crippen LogP contribution in [0.25, 0.3) is 11.3 Å². The highest BCUT2D eigenvalue weighted by atomic mass is 32.1. The van der Waals surface area contributed by atoms with Gasteiger partial charge in [-0.15, -0.1) is 11.3 Å². The SMILES string of the molecule is NC(CCc1nc(-c2ccncc2)cs1)C(=O)O. The molecule has 0 aliphatic rings. The Morgan fingerprint density at radius 1 is 1.44 bits per heavy atom. The number of carbonyl (C=O) groups is 1. The number of thiazole rings is 1. The van der Waals surface area contributed by atoms with Gasteiger partial charge in [0.05, 0.1) is 10.7 Å². The predicted molar refractivity (Wildman–Crippen MR) is 69.3 cm³/mol. The molecule has 0 saturated heterocycles. The highest BCUT2D eigenvalue weighted by Gasteiger charge is 2.12. The molecule has 0 saturated carbocycles. The molecular weight excluding hydrogens is 250 g/mol. The van der Waals surface area contributed by atoms with E-state index in [2.05, 4.69) is 9.97 Å². The first-order valence-electron chi connectivity index (χ1n) is 5.50. The lowest BCUT2D eigenvalue weighted by molar-refractivity contribution is -0.138. The van der Waals surface area contributed by atoms with E-state index in [9.17, 15) is 4.79 Å². The zero-order chi connectivity index (χ0) is 13.0. The molecule has 94 valence electrons. The molecule has 0 radical (unpaired) electrons. The first kappa shape index (κ1) is 12.7. The fourth-order valence-electron chi connectivity index (χ4n) is 1.48. The number of aliphatic carboxylic acids is 1. The maximum absolute atomic E-state index is 10.6. The number of nitrogens with zero attached hydrogens (tertiary/aromatic N) is 2. The summed E-state index contributed by atoms with van der Waals surface area (Å²) in [6.07, 6.45) is 4.42. The van der Waals surface area contributed by atoms with Crippen LogP contribution in [0.2, 0.25) is 0 Å². The van der Waals surface area contributed by atoms with Crippen LogP contribution < -0.4 is 5.73 Å². The van der Waals surface area contributed by atoms with Gasteiger partial charge in [-0.25, -0.2) is 4.98 Å². The quantitative estimate of drug-likeness (QED) is 0.854. The highest BCUT2D eigenvalue weighted by Crippen LogP contribution is 2.21. The number of nitrogens with two attached hydrogens (primary N) is 1. The van der Waals surface area contributed by atoms with Gasteiger partial charge < -0.3 is 10.8 Å². The van der Waals surface area contributed by atoms with E-state index in [1.165, 1.54) is 11.3 Å². The van der Waals surface area contributed by atoms with E-state index >= 15 is 0 Å². The van der Waals surface area contributed by atoms with Crippen LogP contribution in [0.15, 0.2) is 29.9 Å². The Labute approximate surface area is 108 Å². The van der Waals surface area contributed by atoms with Crippen LogP contribution in [-0.4, -0.2) is 27.1 Å². The lowest BCUT2D eigenvalue weighted by Crippen LogP contribution is -2.30. The molecule has 0 spiro atoms. The van der Waals surface area contributed by atoms with Crippen molar-refractivity contribution in [1.82, 2.24) is 9.97 Å². The average molecular weight is 263 g/mol. The number of aryl methyl sites for hydroxylation is 1. The van der Waals surface area contributed by atoms with E-state index in [1.807, 2.05) is 17.5 Å². The van der Waals surface area contributed by atoms with Crippen LogP contribution in [0.5, 0.6) is 0 Å². The Balaban J connectivity index is 2.01. The first-order valence-corrected chi connectivity index (χ1v) is 6.38. The smallest absolute Gasteiger partial charge is 0.320 e. The van der Waals surface area contributed by atoms with Crippen molar-refractivity contribution in [2.45, 2.75) is 18.9 Å². The maximum Gasteiger partial charge on any atom is 0.320 e. The van der Waals surface area contributed by atoms with Crippen molar-refractivity contribution in [2.75, 3.05) is 0 Å². The summed E-state index contributed by atoms with van der Waals surface area (Å²) in [4.78, 5) is 19.0. The molecule has 2 rings (SSSR count). The number of rotatable bonds is 5. The van der Waals surface area contributed by atoms with Gasteiger partial charge in [0.15, 0.2) is 0 Å². The monoisotopic (exact) mass is 263 g/mol. The van der Waals surface area contributed by atoms with Crippen molar-refractivity contribution in [1.29, 1.82) is 0 Å². The summed E-state index contributed by atoms with van der Waals surface area (Å²) < 4.78 is 0. The van der Waals surface area contributed by atoms with E-state index in [0.29, 0.717) is 12.8 Å². The fraction of sp³-hybridized carbons (Fsp3) is 0.250. The molecule has 0 aliphatic heterocycles. The molecule has 3 N–H and O–H groups in total. The van der Waals surface area contributed by atoms with Gasteiger partial charge >= 0.3 is 5.97 Å². The van der Waals surface area contributed by atoms with Gasteiger partial charge in [-0.1, -0.05) is 0 Å². The van der Waals surface area contributed by atoms with Gasteiger partial charge in [0, 0.05) is 29.8 Å². The summed E-state index contributed by atoms with van der Waals surface area (Å²) >= 11 is 1.52. The fourth-order valence-corrected chi connectivity index (χ4v) is 2.31. The molecule has 5 nitrogen and oxygen atoms in total. The number of pyridine rings is 1. The normalized spacial score (nSPS) is 12.3. The Morgan fingerprint density at radius 3 is 2.83 bits per heavy atom. The molecule has 2 heterocycles. The molecule has 0 amide bonds. The minimum absolute atomic E-state index is 0.401. The molecule has 1 atom stereocenters. The molecule has 2 aromatic rings. The van der Waals surface area contributed by atoms with Crippen molar-refractivity contribution >= 4 is 17.3 Å². The summed E-state index contributed by atoms with van der Waals surface area (Å²) in [5.74, 6) is -0.971. The van der Waals surface area contributed by atoms with E-state index in [1.54, 1.807) is 12.4 Å². The minimum atomic E-state index is -0.971. The summed E-state index contributed by atoms with van der Waals surface area (Å²) in [7, 11) is 0. The first-order chi connectivity index (χ1) is 8.66. The lowest BCUT2D eigenvalue weighted by Gasteiger charge is -2.03. The van der Waals surface area contributed by atoms with Gasteiger partial charge in [-0.05, 0) is 18.6 Å². The Kier molecular flexibility index (Phi) is 4.01. The van der Waals surface area contributed by atoms with Crippen molar-refractivity contribution in [3.05, 3.63) is 34.9 Å². The largest absolute Gasteiger partial charge is 0.480 e. The van der Waals surface area contributed by atoms with Crippen molar-refractivity contribution < 1.29 is 9.90 Å². The van der Waals surface area contributed by atoms with E-state index in [4.69, 9.17) is 10.8 Å². The van der Waals surface area contributed by atoms with Crippen molar-refractivity contribution in [3.8, 4) is 11.3 Å². The van der Waals surface area contributed by atoms with Gasteiger partial charge in [0.2, 0.25) is 0 Å². The molecule has 0 aliphatic carbocycles. The van der Waals surface area contributed by atoms with Gasteiger partial charge in [-0.2, -0.15) is 0 Å². The van der Waals surface area contributed by atoms with E-state index in [-0.39, 0.29) is 0 Å². The second-order valence-electron chi connectivity index (χ2n) is 3.85. The molecule has 18 heavy (non-hydrogen) atoms. The van der Waals surface area contributed by atoms with Crippen LogP contribution in [0.4, 0.5) is 0 Å². The third kappa shape index (κ3) is 3.12. The number of carboxylic acids is 1. The van der Waals surface area contributed by atoms with Crippen LogP contribution >= 0.6 is 11.3 Å². The number of carboxylic acid groups (broad SMARTS) is 1.